The van der Waals surface area contributed by atoms with Crippen LogP contribution in [0.2, 0.25) is 0 Å². The zero-order valence-corrected chi connectivity index (χ0v) is 24.9. The highest BCUT2D eigenvalue weighted by atomic mass is 16.6. The molecule has 0 aliphatic carbocycles. The van der Waals surface area contributed by atoms with E-state index in [1.54, 1.807) is 0 Å². The molecular weight excluding hydrogens is 586 g/mol. The summed E-state index contributed by atoms with van der Waals surface area (Å²) >= 11 is 0. The summed E-state index contributed by atoms with van der Waals surface area (Å²) in [5.74, 6) is -1.06. The van der Waals surface area contributed by atoms with Gasteiger partial charge in [-0.1, -0.05) is 0 Å². The zero-order chi connectivity index (χ0) is 32.7. The SMILES string of the molecule is C#CCCCOCCOCCOCCOCCNC(=O)CO[C@@H]([C@@H]1OC(C(=O)O)=C[C@H](N=C(N)N)[C@H]1NC(C)=O)[C@H](O)CO. The number of unbranched alkanes of at least 4 members (excludes halogenated alkanes) is 1. The maximum atomic E-state index is 12.4. The highest BCUT2D eigenvalue weighted by molar-refractivity contribution is 5.85. The molecule has 250 valence electrons. The van der Waals surface area contributed by atoms with Gasteiger partial charge < -0.3 is 65.8 Å². The zero-order valence-electron chi connectivity index (χ0n) is 24.9. The molecule has 2 amide bonds. The lowest BCUT2D eigenvalue weighted by atomic mass is 9.92. The van der Waals surface area contributed by atoms with Crippen LogP contribution in [0.25, 0.3) is 0 Å². The van der Waals surface area contributed by atoms with Gasteiger partial charge in [0, 0.05) is 26.5 Å². The molecule has 1 aliphatic rings. The number of rotatable bonds is 24. The standard InChI is InChI=1S/C27H45N5O12/c1-3-4-5-7-39-9-11-41-13-14-42-12-10-40-8-6-30-22(36)17-43-24(20(35)16-33)25-23(31-18(2)34)19(32-27(28)29)15-21(44-25)26(37)38/h1,15,19-20,23-25,33,35H,4-14,16-17H2,2H3,(H,30,36)(H,31,34)(H,37,38)(H4,28,29,32)/t19-,20+,23+,24+,25+/m0/s1. The van der Waals surface area contributed by atoms with Gasteiger partial charge in [0.25, 0.3) is 0 Å². The second-order valence-corrected chi connectivity index (χ2v) is 9.32. The Morgan fingerprint density at radius 3 is 2.18 bits per heavy atom. The van der Waals surface area contributed by atoms with Crippen LogP contribution in [0.5, 0.6) is 0 Å². The highest BCUT2D eigenvalue weighted by Crippen LogP contribution is 2.26. The van der Waals surface area contributed by atoms with E-state index in [0.717, 1.165) is 12.5 Å². The van der Waals surface area contributed by atoms with Crippen LogP contribution in [0.3, 0.4) is 0 Å². The van der Waals surface area contributed by atoms with E-state index in [9.17, 15) is 29.7 Å². The molecule has 1 rings (SSSR count). The molecule has 5 atom stereocenters. The van der Waals surface area contributed by atoms with Crippen LogP contribution in [-0.2, 0) is 42.8 Å². The maximum Gasteiger partial charge on any atom is 0.370 e. The lowest BCUT2D eigenvalue weighted by Gasteiger charge is -2.40. The Kier molecular flexibility index (Phi) is 20.1. The minimum atomic E-state index is -1.64. The fourth-order valence-corrected chi connectivity index (χ4v) is 3.85. The third-order valence-electron chi connectivity index (χ3n) is 5.78. The van der Waals surface area contributed by atoms with E-state index < -0.39 is 73.1 Å². The number of aliphatic hydroxyl groups is 2. The van der Waals surface area contributed by atoms with Crippen LogP contribution in [-0.4, -0.2) is 142 Å². The number of hydrogen-bond acceptors (Lipinski definition) is 12. The van der Waals surface area contributed by atoms with E-state index in [2.05, 4.69) is 21.5 Å². The van der Waals surface area contributed by atoms with Crippen molar-refractivity contribution in [1.82, 2.24) is 10.6 Å². The second kappa shape index (κ2) is 23.0. The Balaban J connectivity index is 2.46. The average molecular weight is 632 g/mol. The third-order valence-corrected chi connectivity index (χ3v) is 5.78. The van der Waals surface area contributed by atoms with Crippen LogP contribution in [0.4, 0.5) is 0 Å². The summed E-state index contributed by atoms with van der Waals surface area (Å²) in [6.07, 6.45) is 3.22. The van der Waals surface area contributed by atoms with Crippen molar-refractivity contribution in [3.8, 4) is 12.3 Å². The van der Waals surface area contributed by atoms with Gasteiger partial charge in [-0.2, -0.15) is 0 Å². The van der Waals surface area contributed by atoms with E-state index in [1.165, 1.54) is 6.92 Å². The van der Waals surface area contributed by atoms with Crippen molar-refractivity contribution in [2.45, 2.75) is 50.2 Å². The number of nitrogens with zero attached hydrogens (tertiary/aromatic N) is 1. The Morgan fingerprint density at radius 1 is 1.07 bits per heavy atom. The minimum absolute atomic E-state index is 0.132. The lowest BCUT2D eigenvalue weighted by molar-refractivity contribution is -0.158. The summed E-state index contributed by atoms with van der Waals surface area (Å²) in [6, 6.07) is -2.25. The molecule has 0 fully saturated rings. The Hall–Kier alpha value is -3.50. The van der Waals surface area contributed by atoms with Crippen LogP contribution in [0.15, 0.2) is 16.8 Å². The largest absolute Gasteiger partial charge is 0.478 e. The van der Waals surface area contributed by atoms with Crippen LogP contribution in [0, 0.1) is 12.3 Å². The van der Waals surface area contributed by atoms with E-state index in [1.807, 2.05) is 0 Å². The number of carbonyl (C=O) groups excluding carboxylic acids is 2. The molecule has 0 aromatic rings. The minimum Gasteiger partial charge on any atom is -0.478 e. The molecule has 0 saturated heterocycles. The van der Waals surface area contributed by atoms with Gasteiger partial charge in [0.15, 0.2) is 12.1 Å². The number of carbonyl (C=O) groups is 3. The molecule has 44 heavy (non-hydrogen) atoms. The molecule has 9 N–H and O–H groups in total. The van der Waals surface area contributed by atoms with Gasteiger partial charge in [-0.3, -0.25) is 9.59 Å². The van der Waals surface area contributed by atoms with Crippen molar-refractivity contribution in [3.63, 3.8) is 0 Å². The first-order valence-electron chi connectivity index (χ1n) is 14.0. The van der Waals surface area contributed by atoms with Crippen LogP contribution >= 0.6 is 0 Å². The van der Waals surface area contributed by atoms with Crippen molar-refractivity contribution in [2.75, 3.05) is 72.6 Å². The monoisotopic (exact) mass is 631 g/mol. The molecule has 0 bridgehead atoms. The Morgan fingerprint density at radius 2 is 1.66 bits per heavy atom. The smallest absolute Gasteiger partial charge is 0.370 e. The van der Waals surface area contributed by atoms with Crippen molar-refractivity contribution in [1.29, 1.82) is 0 Å². The fraction of sp³-hybridized carbons (Fsp3) is 0.704. The number of guanidine groups is 1. The topological polar surface area (TPSA) is 256 Å². The van der Waals surface area contributed by atoms with Gasteiger partial charge >= 0.3 is 5.97 Å². The number of nitrogens with one attached hydrogen (secondary N) is 2. The van der Waals surface area contributed by atoms with E-state index in [4.69, 9.17) is 46.3 Å². The molecule has 17 heteroatoms. The predicted octanol–water partition coefficient (Wildman–Crippen LogP) is -3.17. The summed E-state index contributed by atoms with van der Waals surface area (Å²) in [7, 11) is 0. The quantitative estimate of drug-likeness (QED) is 0.0240. The van der Waals surface area contributed by atoms with E-state index >= 15 is 0 Å². The summed E-state index contributed by atoms with van der Waals surface area (Å²) in [5.41, 5.74) is 10.9. The molecule has 0 saturated carbocycles. The van der Waals surface area contributed by atoms with Gasteiger partial charge in [0.05, 0.1) is 64.9 Å². The predicted molar refractivity (Wildman–Crippen MR) is 155 cm³/mol. The lowest BCUT2D eigenvalue weighted by Crippen LogP contribution is -2.60. The van der Waals surface area contributed by atoms with Gasteiger partial charge in [-0.25, -0.2) is 9.79 Å². The number of aliphatic carboxylic acids is 1. The number of carboxylic acid groups (broad SMARTS) is 1. The second-order valence-electron chi connectivity index (χ2n) is 9.32. The van der Waals surface area contributed by atoms with Crippen molar-refractivity contribution < 1.29 is 58.1 Å². The van der Waals surface area contributed by atoms with Crippen molar-refractivity contribution in [2.24, 2.45) is 16.5 Å². The molecule has 0 unspecified atom stereocenters. The van der Waals surface area contributed by atoms with E-state index in [-0.39, 0.29) is 19.8 Å². The fourth-order valence-electron chi connectivity index (χ4n) is 3.85. The number of nitrogens with two attached hydrogens (primary N) is 2. The van der Waals surface area contributed by atoms with Crippen molar-refractivity contribution >= 4 is 23.7 Å². The number of aliphatic imine (C=N–C) groups is 1. The first kappa shape index (κ1) is 38.5. The Labute approximate surface area is 256 Å². The molecule has 0 spiro atoms. The van der Waals surface area contributed by atoms with Gasteiger partial charge in [0.2, 0.25) is 17.6 Å². The summed E-state index contributed by atoms with van der Waals surface area (Å²) < 4.78 is 32.6. The number of terminal acetylenes is 1. The first-order valence-corrected chi connectivity index (χ1v) is 14.0. The van der Waals surface area contributed by atoms with Crippen LogP contribution in [0.1, 0.15) is 19.8 Å². The van der Waals surface area contributed by atoms with Gasteiger partial charge in [-0.05, 0) is 12.5 Å². The van der Waals surface area contributed by atoms with Crippen LogP contribution < -0.4 is 22.1 Å². The van der Waals surface area contributed by atoms with E-state index in [0.29, 0.717) is 46.1 Å². The number of ether oxygens (including phenoxy) is 6. The average Bonchev–Trinajstić information content (AvgIpc) is 2.97. The molecular formula is C27H45N5O12. The molecule has 17 nitrogen and oxygen atoms in total. The Bertz CT molecular complexity index is 969. The molecule has 0 aromatic carbocycles. The first-order chi connectivity index (χ1) is 21.1. The van der Waals surface area contributed by atoms with Gasteiger partial charge in [-0.15, -0.1) is 12.3 Å². The maximum absolute atomic E-state index is 12.4. The number of hydrogen-bond donors (Lipinski definition) is 7. The highest BCUT2D eigenvalue weighted by Gasteiger charge is 2.45. The molecule has 1 heterocycles. The number of carboxylic acids is 1. The molecule has 0 radical (unpaired) electrons. The van der Waals surface area contributed by atoms with Gasteiger partial charge in [0.1, 0.15) is 18.8 Å². The summed E-state index contributed by atoms with van der Waals surface area (Å²) in [4.78, 5) is 39.9. The number of amides is 2. The molecule has 0 aromatic heterocycles. The third kappa shape index (κ3) is 16.4. The number of aliphatic hydroxyl groups excluding tert-OH is 2. The molecule has 1 aliphatic heterocycles. The summed E-state index contributed by atoms with van der Waals surface area (Å²) in [5, 5.41) is 34.7. The normalized spacial score (nSPS) is 19.0. The summed E-state index contributed by atoms with van der Waals surface area (Å²) in [6.45, 7) is 3.03. The van der Waals surface area contributed by atoms with Crippen molar-refractivity contribution in [3.05, 3.63) is 11.8 Å².